The average Bonchev–Trinajstić information content (AvgIpc) is 1.69. The van der Waals surface area contributed by atoms with Crippen LogP contribution in [0.3, 0.4) is 0 Å². The molecule has 7 heavy (non-hydrogen) atoms. The number of rotatable bonds is 4. The van der Waals surface area contributed by atoms with Gasteiger partial charge in [-0.15, -0.1) is 0 Å². The van der Waals surface area contributed by atoms with Crippen molar-refractivity contribution in [1.29, 1.82) is 0 Å². The summed E-state index contributed by atoms with van der Waals surface area (Å²) in [5.41, 5.74) is 0. The summed E-state index contributed by atoms with van der Waals surface area (Å²) in [6.45, 7) is 3.05. The highest BCUT2D eigenvalue weighted by molar-refractivity contribution is 6.85. The van der Waals surface area contributed by atoms with Crippen molar-refractivity contribution in [3.05, 3.63) is 0 Å². The van der Waals surface area contributed by atoms with Gasteiger partial charge in [-0.1, -0.05) is 13.3 Å². The maximum absolute atomic E-state index is 5.02. The molecule has 0 aromatic heterocycles. The molecule has 0 unspecified atom stereocenters. The first-order valence-corrected chi connectivity index (χ1v) is 4.86. The highest BCUT2D eigenvalue weighted by Gasteiger charge is 1.80. The van der Waals surface area contributed by atoms with Crippen LogP contribution in [0, 0.1) is 0 Å². The van der Waals surface area contributed by atoms with E-state index in [1.54, 1.807) is 0 Å². The van der Waals surface area contributed by atoms with Gasteiger partial charge in [-0.2, -0.15) is 0 Å². The fourth-order valence-electron chi connectivity index (χ4n) is 0.268. The third-order valence-corrected chi connectivity index (χ3v) is 1.45. The summed E-state index contributed by atoms with van der Waals surface area (Å²) >= 11 is 0. The molecule has 0 aromatic rings. The average molecular weight is 129 g/mol. The van der Waals surface area contributed by atoms with Gasteiger partial charge >= 0.3 is 0 Å². The van der Waals surface area contributed by atoms with E-state index in [9.17, 15) is 0 Å². The van der Waals surface area contributed by atoms with Crippen molar-refractivity contribution >= 4 is 19.0 Å². The Bertz CT molecular complexity index is 28.9. The first kappa shape index (κ1) is 7.39. The molecule has 5 radical (unpaired) electrons. The molecule has 0 fully saturated rings. The lowest BCUT2D eigenvalue weighted by Gasteiger charge is -1.94. The van der Waals surface area contributed by atoms with Gasteiger partial charge in [0.1, 0.15) is 0 Å². The fraction of sp³-hybridized carbons (Fsp3) is 1.00. The maximum Gasteiger partial charge on any atom is 0.202 e. The third-order valence-electron chi connectivity index (χ3n) is 0.672. The summed E-state index contributed by atoms with van der Waals surface area (Å²) in [5, 5.41) is 0. The van der Waals surface area contributed by atoms with Gasteiger partial charge in [0, 0.05) is 16.4 Å². The summed E-state index contributed by atoms with van der Waals surface area (Å²) in [6, 6.07) is 0. The van der Waals surface area contributed by atoms with E-state index in [1.807, 2.05) is 0 Å². The monoisotopic (exact) mass is 129 g/mol. The molecule has 0 bridgehead atoms. The van der Waals surface area contributed by atoms with Crippen LogP contribution in [-0.4, -0.2) is 25.6 Å². The molecular weight excluding hydrogens is 120 g/mol. The predicted octanol–water partition coefficient (Wildman–Crippen LogP) is 0.506. The van der Waals surface area contributed by atoms with E-state index >= 15 is 0 Å². The van der Waals surface area contributed by atoms with Gasteiger partial charge in [0.05, 0.1) is 0 Å². The second-order valence-electron chi connectivity index (χ2n) is 1.30. The highest BCUT2D eigenvalue weighted by Crippen LogP contribution is 1.84. The summed E-state index contributed by atoms with van der Waals surface area (Å²) < 4.78 is 5.02. The Labute approximate surface area is 50.6 Å². The van der Waals surface area contributed by atoms with Crippen molar-refractivity contribution in [2.75, 3.05) is 6.61 Å². The molecule has 0 N–H and O–H groups in total. The Morgan fingerprint density at radius 1 is 1.71 bits per heavy atom. The second-order valence-corrected chi connectivity index (χ2v) is 2.41. The molecule has 3 heteroatoms. The molecule has 0 atom stereocenters. The third kappa shape index (κ3) is 6.39. The summed E-state index contributed by atoms with van der Waals surface area (Å²) in [6.07, 6.45) is 2.40. The van der Waals surface area contributed by atoms with E-state index < -0.39 is 0 Å². The van der Waals surface area contributed by atoms with Gasteiger partial charge < -0.3 is 4.43 Å². The lowest BCUT2D eigenvalue weighted by molar-refractivity contribution is 0.335. The van der Waals surface area contributed by atoms with E-state index in [0.29, 0.717) is 9.28 Å². The zero-order valence-electron chi connectivity index (χ0n) is 4.53. The minimum absolute atomic E-state index is 0.473. The van der Waals surface area contributed by atoms with E-state index in [4.69, 9.17) is 4.43 Å². The van der Waals surface area contributed by atoms with Crippen LogP contribution >= 0.6 is 0 Å². The van der Waals surface area contributed by atoms with Gasteiger partial charge in [-0.25, -0.2) is 0 Å². The Balaban J connectivity index is 2.45. The van der Waals surface area contributed by atoms with Crippen LogP contribution < -0.4 is 0 Å². The molecule has 0 aliphatic heterocycles. The predicted molar refractivity (Wildman–Crippen MR) is 32.4 cm³/mol. The number of hydrogen-bond donors (Lipinski definition) is 0. The van der Waals surface area contributed by atoms with E-state index in [2.05, 4.69) is 16.7 Å². The van der Waals surface area contributed by atoms with Crippen LogP contribution in [0.15, 0.2) is 0 Å². The van der Waals surface area contributed by atoms with Crippen molar-refractivity contribution in [3.63, 3.8) is 0 Å². The largest absolute Gasteiger partial charge is 0.422 e. The van der Waals surface area contributed by atoms with Crippen LogP contribution in [-0.2, 0) is 4.43 Å². The maximum atomic E-state index is 5.02. The van der Waals surface area contributed by atoms with Gasteiger partial charge in [-0.3, -0.25) is 0 Å². The standard InChI is InChI=1S/C4H9OSi2/c1-2-3-4-5-7-6/h2-4H2,1H3. The quantitative estimate of drug-likeness (QED) is 0.397. The van der Waals surface area contributed by atoms with Crippen LogP contribution in [0.2, 0.25) is 0 Å². The molecule has 0 rings (SSSR count). The topological polar surface area (TPSA) is 9.23 Å². The molecule has 0 amide bonds. The Morgan fingerprint density at radius 2 is 2.43 bits per heavy atom. The molecule has 39 valence electrons. The lowest BCUT2D eigenvalue weighted by Crippen LogP contribution is -1.98. The second kappa shape index (κ2) is 6.39. The lowest BCUT2D eigenvalue weighted by atomic mass is 10.4. The number of unbranched alkanes of at least 4 members (excludes halogenated alkanes) is 1. The Hall–Kier alpha value is 0.394. The smallest absolute Gasteiger partial charge is 0.202 e. The van der Waals surface area contributed by atoms with Gasteiger partial charge in [0.15, 0.2) is 0 Å². The van der Waals surface area contributed by atoms with Gasteiger partial charge in [-0.05, 0) is 6.42 Å². The van der Waals surface area contributed by atoms with Crippen LogP contribution in [0.25, 0.3) is 0 Å². The van der Waals surface area contributed by atoms with Gasteiger partial charge in [0.2, 0.25) is 9.28 Å². The molecular formula is C4H9OSi2. The fourth-order valence-corrected chi connectivity index (χ4v) is 0.820. The molecule has 0 aliphatic rings. The Kier molecular flexibility index (Phi) is 6.75. The van der Waals surface area contributed by atoms with Crippen molar-refractivity contribution in [2.24, 2.45) is 0 Å². The van der Waals surface area contributed by atoms with E-state index in [1.165, 1.54) is 12.8 Å². The first-order valence-electron chi connectivity index (χ1n) is 2.45. The zero-order chi connectivity index (χ0) is 5.54. The van der Waals surface area contributed by atoms with Crippen LogP contribution in [0.5, 0.6) is 0 Å². The van der Waals surface area contributed by atoms with E-state index in [-0.39, 0.29) is 0 Å². The normalized spacial score (nSPS) is 9.43. The molecule has 1 nitrogen and oxygen atoms in total. The molecule has 0 saturated heterocycles. The van der Waals surface area contributed by atoms with Gasteiger partial charge in [0.25, 0.3) is 0 Å². The minimum atomic E-state index is 0.473. The molecule has 0 saturated carbocycles. The van der Waals surface area contributed by atoms with E-state index in [0.717, 1.165) is 6.61 Å². The zero-order valence-corrected chi connectivity index (χ0v) is 6.53. The molecule has 0 aromatic carbocycles. The summed E-state index contributed by atoms with van der Waals surface area (Å²) in [4.78, 5) is 0. The molecule has 0 aliphatic carbocycles. The summed E-state index contributed by atoms with van der Waals surface area (Å²) in [5.74, 6) is 0. The number of hydrogen-bond acceptors (Lipinski definition) is 1. The Morgan fingerprint density at radius 3 is 2.86 bits per heavy atom. The molecule has 0 heterocycles. The first-order chi connectivity index (χ1) is 3.41. The van der Waals surface area contributed by atoms with Crippen molar-refractivity contribution < 1.29 is 4.43 Å². The van der Waals surface area contributed by atoms with Crippen LogP contribution in [0.1, 0.15) is 19.8 Å². The van der Waals surface area contributed by atoms with Crippen LogP contribution in [0.4, 0.5) is 0 Å². The van der Waals surface area contributed by atoms with Crippen molar-refractivity contribution in [3.8, 4) is 0 Å². The minimum Gasteiger partial charge on any atom is -0.422 e. The summed E-state index contributed by atoms with van der Waals surface area (Å²) in [7, 11) is 3.70. The van der Waals surface area contributed by atoms with Crippen molar-refractivity contribution in [1.82, 2.24) is 0 Å². The highest BCUT2D eigenvalue weighted by atomic mass is 29.1. The van der Waals surface area contributed by atoms with Crippen molar-refractivity contribution in [2.45, 2.75) is 19.8 Å². The molecule has 0 spiro atoms. The SMILES string of the molecule is CCCCO[Si][Si].